The number of ether oxygens (including phenoxy) is 2. The van der Waals surface area contributed by atoms with E-state index in [-0.39, 0.29) is 46.7 Å². The van der Waals surface area contributed by atoms with Crippen molar-refractivity contribution in [3.63, 3.8) is 0 Å². The summed E-state index contributed by atoms with van der Waals surface area (Å²) in [5.74, 6) is -3.09. The SMILES string of the molecule is O=C(O)c1cc(=O)c2c(OCc3cccc(N=Nc4cccc(COc5cccc6oc(C(=O)O)cc(=O)c56)c4)c3)cccc2o1. The van der Waals surface area contributed by atoms with E-state index in [2.05, 4.69) is 10.2 Å². The van der Waals surface area contributed by atoms with Gasteiger partial charge in [0.15, 0.2) is 10.9 Å². The molecule has 0 bridgehead atoms. The van der Waals surface area contributed by atoms with Crippen molar-refractivity contribution in [1.82, 2.24) is 0 Å². The number of hydrogen-bond donors (Lipinski definition) is 2. The van der Waals surface area contributed by atoms with E-state index in [4.69, 9.17) is 28.5 Å². The quantitative estimate of drug-likeness (QED) is 0.154. The van der Waals surface area contributed by atoms with Gasteiger partial charge in [0.1, 0.15) is 46.7 Å². The lowest BCUT2D eigenvalue weighted by Crippen LogP contribution is -2.08. The van der Waals surface area contributed by atoms with Crippen molar-refractivity contribution >= 4 is 45.3 Å². The molecule has 0 unspecified atom stereocenters. The number of benzene rings is 4. The van der Waals surface area contributed by atoms with Crippen LogP contribution in [0.4, 0.5) is 11.4 Å². The molecule has 0 saturated heterocycles. The van der Waals surface area contributed by atoms with Crippen molar-refractivity contribution in [1.29, 1.82) is 0 Å². The maximum Gasteiger partial charge on any atom is 0.371 e. The van der Waals surface area contributed by atoms with Crippen LogP contribution >= 0.6 is 0 Å². The zero-order valence-electron chi connectivity index (χ0n) is 23.7. The molecule has 12 nitrogen and oxygen atoms in total. The van der Waals surface area contributed by atoms with Crippen molar-refractivity contribution in [2.24, 2.45) is 10.2 Å². The number of aromatic carboxylic acids is 2. The summed E-state index contributed by atoms with van der Waals surface area (Å²) in [6.07, 6.45) is 0. The van der Waals surface area contributed by atoms with Gasteiger partial charge in [-0.2, -0.15) is 10.2 Å². The summed E-state index contributed by atoms with van der Waals surface area (Å²) in [7, 11) is 0. The van der Waals surface area contributed by atoms with Crippen LogP contribution in [0.3, 0.4) is 0 Å². The van der Waals surface area contributed by atoms with Crippen LogP contribution in [0.5, 0.6) is 11.5 Å². The standard InChI is InChI=1S/C34H22N2O10/c37-23-15-29(33(39)40)45-27-11-3-9-25(31(23)27)43-17-19-5-1-7-21(13-19)35-36-22-8-2-6-20(14-22)18-44-26-10-4-12-28-32(26)24(38)16-30(46-28)34(41)42/h1-16H,17-18H2,(H,39,40)(H,41,42). The second kappa shape index (κ2) is 12.6. The number of carboxylic acid groups (broad SMARTS) is 2. The molecular formula is C34H22N2O10. The summed E-state index contributed by atoms with van der Waals surface area (Å²) in [6, 6.07) is 25.5. The Hall–Kier alpha value is -6.56. The zero-order chi connectivity index (χ0) is 32.2. The van der Waals surface area contributed by atoms with Crippen LogP contribution in [-0.4, -0.2) is 22.2 Å². The third kappa shape index (κ3) is 6.36. The van der Waals surface area contributed by atoms with Gasteiger partial charge in [-0.3, -0.25) is 9.59 Å². The molecule has 12 heteroatoms. The smallest absolute Gasteiger partial charge is 0.371 e. The Morgan fingerprint density at radius 2 is 1.00 bits per heavy atom. The van der Waals surface area contributed by atoms with Crippen molar-refractivity contribution in [2.45, 2.75) is 13.2 Å². The highest BCUT2D eigenvalue weighted by Crippen LogP contribution is 2.27. The third-order valence-electron chi connectivity index (χ3n) is 6.75. The maximum atomic E-state index is 12.6. The van der Waals surface area contributed by atoms with Gasteiger partial charge in [0.05, 0.1) is 11.4 Å². The highest BCUT2D eigenvalue weighted by molar-refractivity contribution is 5.90. The molecule has 0 aliphatic heterocycles. The monoisotopic (exact) mass is 618 g/mol. The van der Waals surface area contributed by atoms with Crippen LogP contribution in [0.2, 0.25) is 0 Å². The molecule has 0 fully saturated rings. The minimum absolute atomic E-state index is 0.0968. The van der Waals surface area contributed by atoms with Gasteiger partial charge in [0.2, 0.25) is 11.5 Å². The molecule has 0 aliphatic rings. The fraction of sp³-hybridized carbons (Fsp3) is 0.0588. The van der Waals surface area contributed by atoms with Gasteiger partial charge < -0.3 is 28.5 Å². The van der Waals surface area contributed by atoms with E-state index in [1.54, 1.807) is 60.7 Å². The molecule has 6 rings (SSSR count). The van der Waals surface area contributed by atoms with E-state index in [1.165, 1.54) is 12.1 Å². The van der Waals surface area contributed by atoms with Gasteiger partial charge in [0.25, 0.3) is 0 Å². The first-order valence-corrected chi connectivity index (χ1v) is 13.7. The Balaban J connectivity index is 1.14. The molecule has 4 aromatic carbocycles. The van der Waals surface area contributed by atoms with Gasteiger partial charge in [-0.1, -0.05) is 36.4 Å². The summed E-state index contributed by atoms with van der Waals surface area (Å²) in [5, 5.41) is 27.3. The topological polar surface area (TPSA) is 178 Å². The number of carboxylic acids is 2. The van der Waals surface area contributed by atoms with Gasteiger partial charge in [0, 0.05) is 12.1 Å². The van der Waals surface area contributed by atoms with Crippen LogP contribution in [0, 0.1) is 0 Å². The Labute approximate surface area is 258 Å². The number of fused-ring (bicyclic) bond motifs is 2. The Morgan fingerprint density at radius 3 is 1.41 bits per heavy atom. The molecule has 0 saturated carbocycles. The number of rotatable bonds is 10. The second-order valence-electron chi connectivity index (χ2n) is 9.94. The van der Waals surface area contributed by atoms with Crippen LogP contribution in [0.15, 0.2) is 126 Å². The minimum Gasteiger partial charge on any atom is -0.488 e. The summed E-state index contributed by atoms with van der Waals surface area (Å²) >= 11 is 0. The molecule has 0 radical (unpaired) electrons. The van der Waals surface area contributed by atoms with E-state index >= 15 is 0 Å². The maximum absolute atomic E-state index is 12.6. The van der Waals surface area contributed by atoms with E-state index in [0.717, 1.165) is 23.3 Å². The molecule has 2 aromatic heterocycles. The van der Waals surface area contributed by atoms with E-state index in [9.17, 15) is 19.2 Å². The largest absolute Gasteiger partial charge is 0.488 e. The number of hydrogen-bond acceptors (Lipinski definition) is 10. The highest BCUT2D eigenvalue weighted by Gasteiger charge is 2.16. The lowest BCUT2D eigenvalue weighted by atomic mass is 10.2. The molecule has 0 amide bonds. The number of carbonyl (C=O) groups is 2. The number of nitrogens with zero attached hydrogens (tertiary/aromatic N) is 2. The lowest BCUT2D eigenvalue weighted by molar-refractivity contribution is 0.0653. The summed E-state index contributed by atoms with van der Waals surface area (Å²) < 4.78 is 22.4. The first kappa shape index (κ1) is 29.5. The summed E-state index contributed by atoms with van der Waals surface area (Å²) in [6.45, 7) is 0.194. The summed E-state index contributed by atoms with van der Waals surface area (Å²) in [5.41, 5.74) is 1.76. The molecule has 6 aromatic rings. The predicted molar refractivity (Wildman–Crippen MR) is 165 cm³/mol. The molecule has 228 valence electrons. The fourth-order valence-electron chi connectivity index (χ4n) is 4.66. The van der Waals surface area contributed by atoms with Gasteiger partial charge in [-0.05, 0) is 59.7 Å². The fourth-order valence-corrected chi connectivity index (χ4v) is 4.66. The minimum atomic E-state index is -1.34. The lowest BCUT2D eigenvalue weighted by Gasteiger charge is -2.09. The Kier molecular flexibility index (Phi) is 8.07. The molecule has 0 atom stereocenters. The molecule has 2 heterocycles. The van der Waals surface area contributed by atoms with Crippen LogP contribution in [-0.2, 0) is 13.2 Å². The second-order valence-corrected chi connectivity index (χ2v) is 9.94. The number of azo groups is 1. The normalized spacial score (nSPS) is 11.2. The first-order valence-electron chi connectivity index (χ1n) is 13.7. The molecule has 2 N–H and O–H groups in total. The van der Waals surface area contributed by atoms with E-state index < -0.39 is 34.3 Å². The van der Waals surface area contributed by atoms with Crippen LogP contribution < -0.4 is 20.3 Å². The van der Waals surface area contributed by atoms with E-state index in [0.29, 0.717) is 11.4 Å². The molecule has 0 aliphatic carbocycles. The molecule has 0 spiro atoms. The van der Waals surface area contributed by atoms with Crippen LogP contribution in [0.25, 0.3) is 21.9 Å². The molecule has 46 heavy (non-hydrogen) atoms. The van der Waals surface area contributed by atoms with Crippen molar-refractivity contribution in [2.75, 3.05) is 0 Å². The molecular weight excluding hydrogens is 596 g/mol. The zero-order valence-corrected chi connectivity index (χ0v) is 23.7. The first-order chi connectivity index (χ1) is 22.2. The predicted octanol–water partition coefficient (Wildman–Crippen LogP) is 6.87. The van der Waals surface area contributed by atoms with E-state index in [1.807, 2.05) is 12.1 Å². The van der Waals surface area contributed by atoms with Gasteiger partial charge >= 0.3 is 11.9 Å². The highest BCUT2D eigenvalue weighted by atomic mass is 16.5. The Bertz CT molecular complexity index is 2130. The van der Waals surface area contributed by atoms with Gasteiger partial charge in [-0.15, -0.1) is 0 Å². The van der Waals surface area contributed by atoms with Gasteiger partial charge in [-0.25, -0.2) is 9.59 Å². The van der Waals surface area contributed by atoms with Crippen molar-refractivity contribution in [3.8, 4) is 11.5 Å². The van der Waals surface area contributed by atoms with Crippen molar-refractivity contribution < 1.29 is 38.1 Å². The third-order valence-corrected chi connectivity index (χ3v) is 6.75. The average Bonchev–Trinajstić information content (AvgIpc) is 3.05. The Morgan fingerprint density at radius 1 is 0.587 bits per heavy atom. The summed E-state index contributed by atoms with van der Waals surface area (Å²) in [4.78, 5) is 47.6. The average molecular weight is 619 g/mol. The van der Waals surface area contributed by atoms with Crippen molar-refractivity contribution in [3.05, 3.63) is 140 Å². The van der Waals surface area contributed by atoms with Crippen LogP contribution in [0.1, 0.15) is 32.2 Å².